The SMILES string of the molecule is CC1CCC(N(c2cccc(-c3ccccc3)c2)c2cccc(-c3ccc4sc5ccccc5c4c3)c2)=CC1c1ccc2sc3ccccc3c2c1. The zero-order chi connectivity index (χ0) is 34.6. The van der Waals surface area contributed by atoms with Crippen LogP contribution in [0, 0.1) is 5.92 Å². The van der Waals surface area contributed by atoms with Crippen LogP contribution in [0.3, 0.4) is 0 Å². The lowest BCUT2D eigenvalue weighted by Gasteiger charge is -2.35. The van der Waals surface area contributed by atoms with Crippen molar-refractivity contribution in [2.75, 3.05) is 4.90 Å². The first-order valence-corrected chi connectivity index (χ1v) is 19.9. The second-order valence-corrected chi connectivity index (χ2v) is 16.3. The van der Waals surface area contributed by atoms with Crippen LogP contribution < -0.4 is 4.90 Å². The van der Waals surface area contributed by atoms with Crippen LogP contribution in [0.25, 0.3) is 62.6 Å². The Kier molecular flexibility index (Phi) is 7.78. The molecule has 0 amide bonds. The van der Waals surface area contributed by atoms with Gasteiger partial charge in [-0.25, -0.2) is 0 Å². The van der Waals surface area contributed by atoms with Gasteiger partial charge in [-0.3, -0.25) is 0 Å². The predicted molar refractivity (Wildman–Crippen MR) is 227 cm³/mol. The Labute approximate surface area is 312 Å². The molecule has 2 unspecified atom stereocenters. The molecule has 0 aliphatic heterocycles. The molecule has 1 nitrogen and oxygen atoms in total. The van der Waals surface area contributed by atoms with Gasteiger partial charge in [-0.1, -0.05) is 116 Å². The van der Waals surface area contributed by atoms with Crippen LogP contribution in [0.1, 0.15) is 31.2 Å². The van der Waals surface area contributed by atoms with Crippen molar-refractivity contribution >= 4 is 74.4 Å². The van der Waals surface area contributed by atoms with Crippen LogP contribution in [-0.4, -0.2) is 0 Å². The fourth-order valence-electron chi connectivity index (χ4n) is 8.24. The van der Waals surface area contributed by atoms with Gasteiger partial charge in [0.05, 0.1) is 0 Å². The summed E-state index contributed by atoms with van der Waals surface area (Å²) >= 11 is 3.77. The number of fused-ring (bicyclic) bond motifs is 6. The molecule has 0 bridgehead atoms. The first-order valence-electron chi connectivity index (χ1n) is 18.3. The van der Waals surface area contributed by atoms with E-state index in [4.69, 9.17) is 0 Å². The smallest absolute Gasteiger partial charge is 0.0464 e. The minimum atomic E-state index is 0.323. The normalized spacial score (nSPS) is 16.1. The maximum atomic E-state index is 2.58. The summed E-state index contributed by atoms with van der Waals surface area (Å²) in [5.41, 5.74) is 10.1. The summed E-state index contributed by atoms with van der Waals surface area (Å²) in [5, 5.41) is 5.40. The Morgan fingerprint density at radius 2 is 1.00 bits per heavy atom. The average Bonchev–Trinajstić information content (AvgIpc) is 3.77. The number of anilines is 2. The van der Waals surface area contributed by atoms with E-state index in [0.717, 1.165) is 12.8 Å². The highest BCUT2D eigenvalue weighted by molar-refractivity contribution is 7.26. The summed E-state index contributed by atoms with van der Waals surface area (Å²) in [6.45, 7) is 2.43. The molecule has 0 fully saturated rings. The van der Waals surface area contributed by atoms with Gasteiger partial charge in [-0.15, -0.1) is 22.7 Å². The predicted octanol–water partition coefficient (Wildman–Crippen LogP) is 15.0. The van der Waals surface area contributed by atoms with E-state index in [1.165, 1.54) is 85.2 Å². The van der Waals surface area contributed by atoms with Gasteiger partial charge in [0.15, 0.2) is 0 Å². The maximum Gasteiger partial charge on any atom is 0.0464 e. The van der Waals surface area contributed by atoms with Crippen molar-refractivity contribution in [3.63, 3.8) is 0 Å². The molecular weight excluding hydrogens is 667 g/mol. The van der Waals surface area contributed by atoms with Gasteiger partial charge >= 0.3 is 0 Å². The first kappa shape index (κ1) is 31.3. The molecule has 2 atom stereocenters. The number of thiophene rings is 2. The molecule has 0 spiro atoms. The van der Waals surface area contributed by atoms with Crippen molar-refractivity contribution in [1.29, 1.82) is 0 Å². The van der Waals surface area contributed by atoms with Crippen LogP contribution >= 0.6 is 22.7 Å². The van der Waals surface area contributed by atoms with E-state index >= 15 is 0 Å². The van der Waals surface area contributed by atoms with Gasteiger partial charge in [0, 0.05) is 63.3 Å². The van der Waals surface area contributed by atoms with E-state index in [-0.39, 0.29) is 0 Å². The third-order valence-corrected chi connectivity index (χ3v) is 13.2. The van der Waals surface area contributed by atoms with E-state index in [0.29, 0.717) is 11.8 Å². The Balaban J connectivity index is 1.11. The molecule has 10 rings (SSSR count). The van der Waals surface area contributed by atoms with Gasteiger partial charge < -0.3 is 4.90 Å². The van der Waals surface area contributed by atoms with Gasteiger partial charge in [-0.2, -0.15) is 0 Å². The molecule has 250 valence electrons. The van der Waals surface area contributed by atoms with Gasteiger partial charge in [0.1, 0.15) is 0 Å². The topological polar surface area (TPSA) is 3.24 Å². The molecule has 0 saturated carbocycles. The summed E-state index contributed by atoms with van der Waals surface area (Å²) in [7, 11) is 0. The Morgan fingerprint density at radius 1 is 0.462 bits per heavy atom. The summed E-state index contributed by atoms with van der Waals surface area (Å²) < 4.78 is 5.40. The molecule has 2 heterocycles. The summed E-state index contributed by atoms with van der Waals surface area (Å²) in [4.78, 5) is 2.53. The fraction of sp³-hybridized carbons (Fsp3) is 0.102. The average molecular weight is 704 g/mol. The molecular formula is C49H37NS2. The van der Waals surface area contributed by atoms with Crippen molar-refractivity contribution in [2.45, 2.75) is 25.7 Å². The zero-order valence-corrected chi connectivity index (χ0v) is 30.6. The number of rotatable bonds is 6. The van der Waals surface area contributed by atoms with Crippen molar-refractivity contribution < 1.29 is 0 Å². The third kappa shape index (κ3) is 5.53. The minimum absolute atomic E-state index is 0.323. The van der Waals surface area contributed by atoms with E-state index in [1.54, 1.807) is 0 Å². The number of benzene rings is 7. The largest absolute Gasteiger partial charge is 0.314 e. The Morgan fingerprint density at radius 3 is 1.69 bits per heavy atom. The van der Waals surface area contributed by atoms with Crippen LogP contribution in [0.5, 0.6) is 0 Å². The van der Waals surface area contributed by atoms with Crippen LogP contribution in [0.15, 0.2) is 176 Å². The third-order valence-electron chi connectivity index (χ3n) is 10.9. The van der Waals surface area contributed by atoms with E-state index in [2.05, 4.69) is 182 Å². The van der Waals surface area contributed by atoms with E-state index in [9.17, 15) is 0 Å². The van der Waals surface area contributed by atoms with Crippen LogP contribution in [0.2, 0.25) is 0 Å². The lowest BCUT2D eigenvalue weighted by Crippen LogP contribution is -2.23. The monoisotopic (exact) mass is 703 g/mol. The number of hydrogen-bond donors (Lipinski definition) is 0. The Hall–Kier alpha value is -5.48. The lowest BCUT2D eigenvalue weighted by molar-refractivity contribution is 0.456. The molecule has 7 aromatic carbocycles. The maximum absolute atomic E-state index is 2.58. The fourth-order valence-corrected chi connectivity index (χ4v) is 10.4. The van der Waals surface area contributed by atoms with Gasteiger partial charge in [0.25, 0.3) is 0 Å². The van der Waals surface area contributed by atoms with E-state index in [1.807, 2.05) is 22.7 Å². The quantitative estimate of drug-likeness (QED) is 0.167. The number of nitrogens with zero attached hydrogens (tertiary/aromatic N) is 1. The molecule has 52 heavy (non-hydrogen) atoms. The summed E-state index contributed by atoms with van der Waals surface area (Å²) in [6.07, 6.45) is 4.73. The highest BCUT2D eigenvalue weighted by Gasteiger charge is 2.27. The molecule has 2 aromatic heterocycles. The Bertz CT molecular complexity index is 2780. The molecule has 0 saturated heterocycles. The van der Waals surface area contributed by atoms with Gasteiger partial charge in [0.2, 0.25) is 0 Å². The molecule has 1 aliphatic carbocycles. The van der Waals surface area contributed by atoms with Crippen molar-refractivity contribution in [1.82, 2.24) is 0 Å². The second-order valence-electron chi connectivity index (χ2n) is 14.2. The lowest BCUT2D eigenvalue weighted by atomic mass is 9.79. The number of allylic oxidation sites excluding steroid dienone is 2. The minimum Gasteiger partial charge on any atom is -0.314 e. The molecule has 0 radical (unpaired) electrons. The molecule has 1 aliphatic rings. The van der Waals surface area contributed by atoms with Crippen LogP contribution in [-0.2, 0) is 0 Å². The van der Waals surface area contributed by atoms with Crippen molar-refractivity contribution in [3.05, 3.63) is 181 Å². The second kappa shape index (κ2) is 12.9. The standard InChI is InChI=1S/C49H37NS2/c1-32-21-24-40(31-43(32)37-23-26-49-45(30-37)42-18-6-8-20-47(42)52-49)50(38-15-9-13-34(27-38)33-11-3-2-4-12-33)39-16-10-14-35(28-39)36-22-25-48-44(29-36)41-17-5-7-19-46(41)51-48/h2-20,22-23,25-32,43H,21,24H2,1H3. The van der Waals surface area contributed by atoms with Crippen LogP contribution in [0.4, 0.5) is 11.4 Å². The summed E-state index contributed by atoms with van der Waals surface area (Å²) in [6, 6.07) is 60.8. The molecule has 3 heteroatoms. The first-order chi connectivity index (χ1) is 25.7. The molecule has 0 N–H and O–H groups in total. The van der Waals surface area contributed by atoms with Gasteiger partial charge in [-0.05, 0) is 107 Å². The zero-order valence-electron chi connectivity index (χ0n) is 29.0. The summed E-state index contributed by atoms with van der Waals surface area (Å²) in [5.74, 6) is 0.867. The van der Waals surface area contributed by atoms with E-state index < -0.39 is 0 Å². The van der Waals surface area contributed by atoms with Crippen molar-refractivity contribution in [3.8, 4) is 22.3 Å². The number of hydrogen-bond acceptors (Lipinski definition) is 3. The van der Waals surface area contributed by atoms with Crippen molar-refractivity contribution in [2.24, 2.45) is 5.92 Å². The molecule has 9 aromatic rings. The highest BCUT2D eigenvalue weighted by atomic mass is 32.1. The highest BCUT2D eigenvalue weighted by Crippen LogP contribution is 2.45.